The van der Waals surface area contributed by atoms with Crippen molar-refractivity contribution in [1.82, 2.24) is 0 Å². The van der Waals surface area contributed by atoms with E-state index in [9.17, 15) is 0 Å². The van der Waals surface area contributed by atoms with Gasteiger partial charge in [-0.05, 0) is 48.9 Å². The van der Waals surface area contributed by atoms with Gasteiger partial charge in [0.25, 0.3) is 0 Å². The van der Waals surface area contributed by atoms with Crippen LogP contribution in [-0.2, 0) is 0 Å². The van der Waals surface area contributed by atoms with Crippen LogP contribution in [0.3, 0.4) is 0 Å². The lowest BCUT2D eigenvalue weighted by Crippen LogP contribution is -2.32. The zero-order valence-corrected chi connectivity index (χ0v) is 11.9. The molecule has 0 aromatic rings. The van der Waals surface area contributed by atoms with Crippen molar-refractivity contribution in [1.29, 1.82) is 0 Å². The van der Waals surface area contributed by atoms with E-state index in [1.54, 1.807) is 6.42 Å². The fourth-order valence-corrected chi connectivity index (χ4v) is 5.09. The maximum Gasteiger partial charge on any atom is 0.00908 e. The Labute approximate surface area is 103 Å². The molecule has 3 unspecified atom stereocenters. The van der Waals surface area contributed by atoms with Crippen LogP contribution in [-0.4, -0.2) is 5.33 Å². The summed E-state index contributed by atoms with van der Waals surface area (Å²) in [6.45, 7) is 4.73. The maximum absolute atomic E-state index is 3.82. The van der Waals surface area contributed by atoms with Gasteiger partial charge in [-0.3, -0.25) is 0 Å². The molecule has 1 heteroatoms. The first-order valence-corrected chi connectivity index (χ1v) is 7.92. The Morgan fingerprint density at radius 3 is 2.40 bits per heavy atom. The quantitative estimate of drug-likeness (QED) is 0.617. The Morgan fingerprint density at radius 1 is 1.27 bits per heavy atom. The van der Waals surface area contributed by atoms with Crippen LogP contribution < -0.4 is 0 Å². The molecule has 2 fully saturated rings. The molecule has 3 atom stereocenters. The number of alkyl halides is 1. The van der Waals surface area contributed by atoms with Crippen LogP contribution in [0.4, 0.5) is 0 Å². The standard InChI is InChI=1S/C14H25Br/c1-3-11(4-2)8-14(10-15)9-12-5-6-13(14)7-12/h11-13H,3-10H2,1-2H3. The summed E-state index contributed by atoms with van der Waals surface area (Å²) in [7, 11) is 0. The third-order valence-corrected chi connectivity index (χ3v) is 6.34. The number of hydrogen-bond acceptors (Lipinski definition) is 0. The topological polar surface area (TPSA) is 0 Å². The predicted octanol–water partition coefficient (Wildman–Crippen LogP) is 5.01. The van der Waals surface area contributed by atoms with Crippen LogP contribution in [0, 0.1) is 23.2 Å². The first-order valence-electron chi connectivity index (χ1n) is 6.80. The van der Waals surface area contributed by atoms with Gasteiger partial charge in [-0.15, -0.1) is 0 Å². The molecule has 2 bridgehead atoms. The normalized spacial score (nSPS) is 39.2. The average Bonchev–Trinajstić information content (AvgIpc) is 2.86. The monoisotopic (exact) mass is 272 g/mol. The highest BCUT2D eigenvalue weighted by atomic mass is 79.9. The summed E-state index contributed by atoms with van der Waals surface area (Å²) in [6.07, 6.45) is 10.4. The van der Waals surface area contributed by atoms with Crippen LogP contribution in [0.25, 0.3) is 0 Å². The molecule has 88 valence electrons. The second-order valence-corrected chi connectivity index (χ2v) is 6.52. The molecule has 2 aliphatic carbocycles. The minimum atomic E-state index is 0.694. The summed E-state index contributed by atoms with van der Waals surface area (Å²) < 4.78 is 0. The van der Waals surface area contributed by atoms with Crippen molar-refractivity contribution in [3.8, 4) is 0 Å². The first kappa shape index (κ1) is 12.0. The Hall–Kier alpha value is 0.480. The molecule has 0 saturated heterocycles. The first-order chi connectivity index (χ1) is 7.24. The number of hydrogen-bond donors (Lipinski definition) is 0. The number of rotatable bonds is 5. The summed E-state index contributed by atoms with van der Waals surface area (Å²) in [4.78, 5) is 0. The van der Waals surface area contributed by atoms with Crippen molar-refractivity contribution in [2.45, 2.75) is 58.8 Å². The molecule has 0 aromatic heterocycles. The predicted molar refractivity (Wildman–Crippen MR) is 70.4 cm³/mol. The lowest BCUT2D eigenvalue weighted by atomic mass is 9.69. The van der Waals surface area contributed by atoms with E-state index in [1.165, 1.54) is 43.9 Å². The molecule has 2 saturated carbocycles. The Bertz CT molecular complexity index is 209. The molecule has 0 aliphatic heterocycles. The van der Waals surface area contributed by atoms with Gasteiger partial charge in [-0.25, -0.2) is 0 Å². The van der Waals surface area contributed by atoms with Crippen molar-refractivity contribution in [2.24, 2.45) is 23.2 Å². The van der Waals surface area contributed by atoms with Gasteiger partial charge < -0.3 is 0 Å². The van der Waals surface area contributed by atoms with Crippen molar-refractivity contribution in [3.05, 3.63) is 0 Å². The number of halogens is 1. The van der Waals surface area contributed by atoms with Gasteiger partial charge in [0.1, 0.15) is 0 Å². The largest absolute Gasteiger partial charge is 0.0922 e. The minimum Gasteiger partial charge on any atom is -0.0922 e. The van der Waals surface area contributed by atoms with E-state index >= 15 is 0 Å². The van der Waals surface area contributed by atoms with Crippen molar-refractivity contribution in [3.63, 3.8) is 0 Å². The van der Waals surface area contributed by atoms with Gasteiger partial charge >= 0.3 is 0 Å². The smallest absolute Gasteiger partial charge is 0.00908 e. The fraction of sp³-hybridized carbons (Fsp3) is 1.00. The molecule has 0 spiro atoms. The summed E-state index contributed by atoms with van der Waals surface area (Å²) in [5.74, 6) is 3.12. The van der Waals surface area contributed by atoms with E-state index in [4.69, 9.17) is 0 Å². The van der Waals surface area contributed by atoms with Gasteiger partial charge in [0.05, 0.1) is 0 Å². The molecule has 0 N–H and O–H groups in total. The average molecular weight is 273 g/mol. The summed E-state index contributed by atoms with van der Waals surface area (Å²) in [6, 6.07) is 0. The Morgan fingerprint density at radius 2 is 2.00 bits per heavy atom. The van der Waals surface area contributed by atoms with Gasteiger partial charge in [0.2, 0.25) is 0 Å². The second kappa shape index (κ2) is 4.77. The number of fused-ring (bicyclic) bond motifs is 2. The molecular formula is C14H25Br. The molecule has 0 amide bonds. The zero-order chi connectivity index (χ0) is 10.9. The molecule has 0 radical (unpaired) electrons. The van der Waals surface area contributed by atoms with Crippen LogP contribution in [0.1, 0.15) is 58.8 Å². The van der Waals surface area contributed by atoms with E-state index in [-0.39, 0.29) is 0 Å². The van der Waals surface area contributed by atoms with Crippen LogP contribution in [0.15, 0.2) is 0 Å². The third kappa shape index (κ3) is 2.14. The van der Waals surface area contributed by atoms with E-state index in [2.05, 4.69) is 29.8 Å². The van der Waals surface area contributed by atoms with Crippen molar-refractivity contribution < 1.29 is 0 Å². The lowest BCUT2D eigenvalue weighted by Gasteiger charge is -2.39. The molecule has 0 aromatic carbocycles. The summed E-state index contributed by atoms with van der Waals surface area (Å²) >= 11 is 3.82. The Balaban J connectivity index is 2.03. The maximum atomic E-state index is 3.82. The van der Waals surface area contributed by atoms with Crippen molar-refractivity contribution >= 4 is 15.9 Å². The van der Waals surface area contributed by atoms with Crippen molar-refractivity contribution in [2.75, 3.05) is 5.33 Å². The minimum absolute atomic E-state index is 0.694. The van der Waals surface area contributed by atoms with E-state index in [1.807, 2.05) is 0 Å². The van der Waals surface area contributed by atoms with E-state index < -0.39 is 0 Å². The summed E-state index contributed by atoms with van der Waals surface area (Å²) in [5.41, 5.74) is 0.694. The van der Waals surface area contributed by atoms with Crippen LogP contribution >= 0.6 is 15.9 Å². The molecule has 0 heterocycles. The molecule has 0 nitrogen and oxygen atoms in total. The van der Waals surface area contributed by atoms with Crippen LogP contribution in [0.2, 0.25) is 0 Å². The van der Waals surface area contributed by atoms with Gasteiger partial charge in [0, 0.05) is 5.33 Å². The zero-order valence-electron chi connectivity index (χ0n) is 10.3. The fourth-order valence-electron chi connectivity index (χ4n) is 4.18. The van der Waals surface area contributed by atoms with Gasteiger partial charge in [-0.1, -0.05) is 49.0 Å². The van der Waals surface area contributed by atoms with E-state index in [0.717, 1.165) is 17.8 Å². The molecule has 2 rings (SSSR count). The highest BCUT2D eigenvalue weighted by Gasteiger charge is 2.50. The van der Waals surface area contributed by atoms with E-state index in [0.29, 0.717) is 5.41 Å². The molecular weight excluding hydrogens is 248 g/mol. The third-order valence-electron chi connectivity index (χ3n) is 5.22. The summed E-state index contributed by atoms with van der Waals surface area (Å²) in [5, 5.41) is 1.26. The van der Waals surface area contributed by atoms with Gasteiger partial charge in [0.15, 0.2) is 0 Å². The SMILES string of the molecule is CCC(CC)CC1(CBr)CC2CCC1C2. The Kier molecular flexibility index (Phi) is 3.80. The van der Waals surface area contributed by atoms with Gasteiger partial charge in [-0.2, -0.15) is 0 Å². The highest BCUT2D eigenvalue weighted by Crippen LogP contribution is 2.59. The second-order valence-electron chi connectivity index (χ2n) is 5.96. The molecule has 15 heavy (non-hydrogen) atoms. The molecule has 2 aliphatic rings. The lowest BCUT2D eigenvalue weighted by molar-refractivity contribution is 0.145. The highest BCUT2D eigenvalue weighted by molar-refractivity contribution is 9.09. The van der Waals surface area contributed by atoms with Crippen LogP contribution in [0.5, 0.6) is 0 Å².